The van der Waals surface area contributed by atoms with Crippen LogP contribution >= 0.6 is 24.0 Å². The van der Waals surface area contributed by atoms with E-state index in [1.165, 1.54) is 13.2 Å². The first-order valence-electron chi connectivity index (χ1n) is 9.41. The summed E-state index contributed by atoms with van der Waals surface area (Å²) in [7, 11) is 3.06. The van der Waals surface area contributed by atoms with E-state index in [0.717, 1.165) is 5.56 Å². The maximum absolute atomic E-state index is 12.4. The topological polar surface area (TPSA) is 64.1 Å². The van der Waals surface area contributed by atoms with Gasteiger partial charge in [0, 0.05) is 20.2 Å². The van der Waals surface area contributed by atoms with Crippen LogP contribution in [0.2, 0.25) is 0 Å². The van der Waals surface area contributed by atoms with Gasteiger partial charge in [0.25, 0.3) is 0 Å². The first-order chi connectivity index (χ1) is 13.5. The highest BCUT2D eigenvalue weighted by Crippen LogP contribution is 2.30. The first kappa shape index (κ1) is 28.6. The van der Waals surface area contributed by atoms with E-state index in [9.17, 15) is 13.2 Å². The van der Waals surface area contributed by atoms with Crippen molar-refractivity contribution < 1.29 is 27.4 Å². The molecule has 0 heterocycles. The van der Waals surface area contributed by atoms with Gasteiger partial charge in [-0.2, -0.15) is 13.2 Å². The molecule has 0 amide bonds. The Hall–Kier alpha value is -1.43. The van der Waals surface area contributed by atoms with Crippen molar-refractivity contribution in [2.24, 2.45) is 10.4 Å². The third kappa shape index (κ3) is 10.6. The average molecular weight is 547 g/mol. The number of nitrogens with one attached hydrogen (secondary N) is 2. The van der Waals surface area contributed by atoms with Gasteiger partial charge in [-0.25, -0.2) is 4.99 Å². The Kier molecular flexibility index (Phi) is 12.5. The van der Waals surface area contributed by atoms with Gasteiger partial charge in [0.05, 0.1) is 19.8 Å². The number of aliphatic imine (C=N–C) groups is 1. The molecule has 0 bridgehead atoms. The summed E-state index contributed by atoms with van der Waals surface area (Å²) in [4.78, 5) is 4.52. The van der Waals surface area contributed by atoms with Crippen LogP contribution in [0.3, 0.4) is 0 Å². The molecule has 10 heteroatoms. The highest BCUT2D eigenvalue weighted by molar-refractivity contribution is 14.0. The van der Waals surface area contributed by atoms with Crippen LogP contribution in [0.4, 0.5) is 13.2 Å². The maximum Gasteiger partial charge on any atom is 0.422 e. The van der Waals surface area contributed by atoms with Gasteiger partial charge in [-0.15, -0.1) is 24.0 Å². The van der Waals surface area contributed by atoms with Crippen LogP contribution in [0.5, 0.6) is 11.5 Å². The molecule has 174 valence electrons. The summed E-state index contributed by atoms with van der Waals surface area (Å²) in [5.41, 5.74) is 0.746. The predicted octanol–water partition coefficient (Wildman–Crippen LogP) is 4.37. The van der Waals surface area contributed by atoms with Crippen LogP contribution < -0.4 is 20.1 Å². The predicted molar refractivity (Wildman–Crippen MR) is 123 cm³/mol. The SMILES string of the molecule is CCNC(=NCc1ccc(OCC(F)(F)F)c(OC)c1)NCC(OC)C(C)(C)C.I. The van der Waals surface area contributed by atoms with Crippen LogP contribution in [-0.4, -0.2) is 52.2 Å². The molecule has 0 spiro atoms. The van der Waals surface area contributed by atoms with Crippen LogP contribution in [0, 0.1) is 5.41 Å². The number of guanidine groups is 1. The van der Waals surface area contributed by atoms with Crippen molar-refractivity contribution >= 4 is 29.9 Å². The lowest BCUT2D eigenvalue weighted by atomic mass is 9.89. The fourth-order valence-electron chi connectivity index (χ4n) is 2.53. The summed E-state index contributed by atoms with van der Waals surface area (Å²) in [6, 6.07) is 4.73. The van der Waals surface area contributed by atoms with Crippen molar-refractivity contribution in [3.63, 3.8) is 0 Å². The van der Waals surface area contributed by atoms with Gasteiger partial charge >= 0.3 is 6.18 Å². The Bertz CT molecular complexity index is 665. The number of ether oxygens (including phenoxy) is 3. The minimum absolute atomic E-state index is 0. The van der Waals surface area contributed by atoms with E-state index in [-0.39, 0.29) is 47.0 Å². The summed E-state index contributed by atoms with van der Waals surface area (Å²) >= 11 is 0. The van der Waals surface area contributed by atoms with Crippen molar-refractivity contribution in [1.82, 2.24) is 10.6 Å². The van der Waals surface area contributed by atoms with Gasteiger partial charge in [-0.3, -0.25) is 0 Å². The number of hydrogen-bond donors (Lipinski definition) is 2. The van der Waals surface area contributed by atoms with Crippen LogP contribution in [0.25, 0.3) is 0 Å². The molecule has 1 atom stereocenters. The summed E-state index contributed by atoms with van der Waals surface area (Å²) in [6.45, 7) is 8.48. The smallest absolute Gasteiger partial charge is 0.422 e. The molecule has 0 saturated heterocycles. The Morgan fingerprint density at radius 1 is 1.10 bits per heavy atom. The lowest BCUT2D eigenvalue weighted by molar-refractivity contribution is -0.153. The molecule has 1 aromatic rings. The van der Waals surface area contributed by atoms with Crippen molar-refractivity contribution in [2.75, 3.05) is 33.9 Å². The zero-order valence-electron chi connectivity index (χ0n) is 18.4. The second-order valence-corrected chi connectivity index (χ2v) is 7.56. The zero-order chi connectivity index (χ0) is 22.1. The van der Waals surface area contributed by atoms with Crippen molar-refractivity contribution in [1.29, 1.82) is 0 Å². The van der Waals surface area contributed by atoms with E-state index in [4.69, 9.17) is 14.2 Å². The molecule has 0 aliphatic heterocycles. The molecule has 0 radical (unpaired) electrons. The van der Waals surface area contributed by atoms with Gasteiger partial charge in [0.15, 0.2) is 24.1 Å². The van der Waals surface area contributed by atoms with Crippen LogP contribution in [0.1, 0.15) is 33.3 Å². The standard InChI is InChI=1S/C20H32F3N3O3.HI/c1-7-24-18(26-12-17(28-6)19(2,3)4)25-11-14-8-9-15(16(10-14)27-5)29-13-20(21,22)23;/h8-10,17H,7,11-13H2,1-6H3,(H2,24,25,26);1H. The minimum Gasteiger partial charge on any atom is -0.493 e. The van der Waals surface area contributed by atoms with Gasteiger partial charge in [-0.1, -0.05) is 26.8 Å². The molecule has 0 aromatic heterocycles. The molecule has 0 aliphatic rings. The second kappa shape index (κ2) is 13.1. The maximum atomic E-state index is 12.4. The number of methoxy groups -OCH3 is 2. The minimum atomic E-state index is -4.41. The molecular weight excluding hydrogens is 514 g/mol. The molecule has 0 fully saturated rings. The fraction of sp³-hybridized carbons (Fsp3) is 0.650. The molecule has 0 aliphatic carbocycles. The van der Waals surface area contributed by atoms with Crippen molar-refractivity contribution in [3.8, 4) is 11.5 Å². The third-order valence-corrected chi connectivity index (χ3v) is 4.09. The van der Waals surface area contributed by atoms with E-state index in [0.29, 0.717) is 25.6 Å². The summed E-state index contributed by atoms with van der Waals surface area (Å²) in [5.74, 6) is 0.887. The number of hydrogen-bond acceptors (Lipinski definition) is 4. The van der Waals surface area contributed by atoms with E-state index in [1.807, 2.05) is 6.92 Å². The molecule has 30 heavy (non-hydrogen) atoms. The molecule has 6 nitrogen and oxygen atoms in total. The van der Waals surface area contributed by atoms with Gasteiger partial charge in [0.2, 0.25) is 0 Å². The monoisotopic (exact) mass is 547 g/mol. The third-order valence-electron chi connectivity index (χ3n) is 4.09. The van der Waals surface area contributed by atoms with E-state index >= 15 is 0 Å². The Morgan fingerprint density at radius 3 is 2.27 bits per heavy atom. The quantitative estimate of drug-likeness (QED) is 0.273. The molecule has 2 N–H and O–H groups in total. The first-order valence-corrected chi connectivity index (χ1v) is 9.41. The van der Waals surface area contributed by atoms with E-state index in [2.05, 4.69) is 36.4 Å². The fourth-order valence-corrected chi connectivity index (χ4v) is 2.53. The lowest BCUT2D eigenvalue weighted by Crippen LogP contribution is -2.45. The molecule has 1 unspecified atom stereocenters. The highest BCUT2D eigenvalue weighted by Gasteiger charge is 2.29. The van der Waals surface area contributed by atoms with Crippen molar-refractivity contribution in [3.05, 3.63) is 23.8 Å². The number of rotatable bonds is 9. The average Bonchev–Trinajstić information content (AvgIpc) is 2.63. The van der Waals surface area contributed by atoms with Crippen LogP contribution in [-0.2, 0) is 11.3 Å². The molecule has 1 aromatic carbocycles. The molecule has 0 saturated carbocycles. The molecular formula is C20H33F3IN3O3. The Morgan fingerprint density at radius 2 is 1.77 bits per heavy atom. The lowest BCUT2D eigenvalue weighted by Gasteiger charge is -2.30. The Balaban J connectivity index is 0.00000841. The van der Waals surface area contributed by atoms with E-state index in [1.54, 1.807) is 19.2 Å². The summed E-state index contributed by atoms with van der Waals surface area (Å²) in [5, 5.41) is 6.42. The second-order valence-electron chi connectivity index (χ2n) is 7.56. The highest BCUT2D eigenvalue weighted by atomic mass is 127. The molecule has 1 rings (SSSR count). The Labute approximate surface area is 194 Å². The number of alkyl halides is 3. The number of benzene rings is 1. The van der Waals surface area contributed by atoms with Crippen LogP contribution in [0.15, 0.2) is 23.2 Å². The van der Waals surface area contributed by atoms with E-state index < -0.39 is 12.8 Å². The summed E-state index contributed by atoms with van der Waals surface area (Å²) < 4.78 is 52.6. The number of halogens is 4. The zero-order valence-corrected chi connectivity index (χ0v) is 20.7. The number of nitrogens with zero attached hydrogens (tertiary/aromatic N) is 1. The summed E-state index contributed by atoms with van der Waals surface area (Å²) in [6.07, 6.45) is -4.41. The van der Waals surface area contributed by atoms with Gasteiger partial charge in [-0.05, 0) is 30.0 Å². The van der Waals surface area contributed by atoms with Gasteiger partial charge < -0.3 is 24.8 Å². The normalized spacial score (nSPS) is 13.3. The van der Waals surface area contributed by atoms with Gasteiger partial charge in [0.1, 0.15) is 0 Å². The van der Waals surface area contributed by atoms with Crippen molar-refractivity contribution in [2.45, 2.75) is 46.5 Å². The largest absolute Gasteiger partial charge is 0.493 e.